The number of piperidine rings is 1. The number of benzene rings is 2. The lowest BCUT2D eigenvalue weighted by molar-refractivity contribution is 0.0484. The number of anilines is 1. The third kappa shape index (κ3) is 4.29. The van der Waals surface area contributed by atoms with Crippen molar-refractivity contribution in [2.24, 2.45) is 5.92 Å². The second kappa shape index (κ2) is 9.22. The molecule has 0 aliphatic carbocycles. The zero-order valence-electron chi connectivity index (χ0n) is 20.4. The molecule has 4 heterocycles. The zero-order chi connectivity index (χ0) is 23.9. The number of hydrogen-bond acceptors (Lipinski definition) is 6. The molecule has 2 aliphatic rings. The Hall–Kier alpha value is -3.00. The molecule has 2 aromatic heterocycles. The van der Waals surface area contributed by atoms with Crippen molar-refractivity contribution < 1.29 is 9.84 Å². The maximum atomic E-state index is 10.8. The molecule has 0 amide bonds. The highest BCUT2D eigenvalue weighted by Gasteiger charge is 2.30. The smallest absolute Gasteiger partial charge is 0.211 e. The van der Waals surface area contributed by atoms with Crippen molar-refractivity contribution in [3.63, 3.8) is 0 Å². The van der Waals surface area contributed by atoms with E-state index in [0.717, 1.165) is 72.5 Å². The molecule has 0 spiro atoms. The molecule has 0 saturated carbocycles. The molecule has 182 valence electrons. The summed E-state index contributed by atoms with van der Waals surface area (Å²) in [4.78, 5) is 12.0. The van der Waals surface area contributed by atoms with E-state index < -0.39 is 6.23 Å². The van der Waals surface area contributed by atoms with Gasteiger partial charge in [0.15, 0.2) is 0 Å². The van der Waals surface area contributed by atoms with E-state index in [2.05, 4.69) is 70.0 Å². The van der Waals surface area contributed by atoms with Crippen LogP contribution in [0.1, 0.15) is 30.4 Å². The van der Waals surface area contributed by atoms with Gasteiger partial charge in [-0.15, -0.1) is 0 Å². The molecule has 2 atom stereocenters. The summed E-state index contributed by atoms with van der Waals surface area (Å²) in [6.45, 7) is 7.50. The normalized spacial score (nSPS) is 20.2. The van der Waals surface area contributed by atoms with Crippen LogP contribution < -0.4 is 10.2 Å². The van der Waals surface area contributed by atoms with Crippen LogP contribution in [0.15, 0.2) is 48.7 Å². The fraction of sp³-hybridized carbons (Fsp3) is 0.429. The number of nitrogens with zero attached hydrogens (tertiary/aromatic N) is 4. The Bertz CT molecular complexity index is 1350. The third-order valence-electron chi connectivity index (χ3n) is 7.70. The summed E-state index contributed by atoms with van der Waals surface area (Å²) < 4.78 is 7.74. The fourth-order valence-corrected chi connectivity index (χ4v) is 5.45. The quantitative estimate of drug-likeness (QED) is 0.427. The molecule has 2 fully saturated rings. The van der Waals surface area contributed by atoms with Crippen molar-refractivity contribution >= 4 is 27.9 Å². The Balaban J connectivity index is 1.32. The summed E-state index contributed by atoms with van der Waals surface area (Å²) in [5, 5.41) is 15.3. The summed E-state index contributed by atoms with van der Waals surface area (Å²) >= 11 is 0. The molecule has 0 bridgehead atoms. The number of ether oxygens (including phenoxy) is 1. The highest BCUT2D eigenvalue weighted by molar-refractivity contribution is 5.86. The van der Waals surface area contributed by atoms with Crippen LogP contribution in [0, 0.1) is 19.8 Å². The van der Waals surface area contributed by atoms with E-state index in [1.807, 2.05) is 12.3 Å². The lowest BCUT2D eigenvalue weighted by Crippen LogP contribution is -2.47. The molecule has 2 aromatic carbocycles. The second-order valence-corrected chi connectivity index (χ2v) is 10.0. The van der Waals surface area contributed by atoms with Crippen molar-refractivity contribution in [2.75, 3.05) is 31.2 Å². The van der Waals surface area contributed by atoms with Gasteiger partial charge in [-0.3, -0.25) is 14.9 Å². The Labute approximate surface area is 205 Å². The molecule has 35 heavy (non-hydrogen) atoms. The molecule has 0 radical (unpaired) electrons. The molecule has 2 saturated heterocycles. The van der Waals surface area contributed by atoms with Crippen LogP contribution in [-0.2, 0) is 4.74 Å². The number of aliphatic hydroxyl groups is 1. The largest absolute Gasteiger partial charge is 0.380 e. The topological polar surface area (TPSA) is 75.4 Å². The highest BCUT2D eigenvalue weighted by atomic mass is 16.5. The minimum absolute atomic E-state index is 0.237. The van der Waals surface area contributed by atoms with E-state index in [4.69, 9.17) is 9.72 Å². The summed E-state index contributed by atoms with van der Waals surface area (Å²) in [7, 11) is 0. The molecule has 7 nitrogen and oxygen atoms in total. The molecule has 4 aromatic rings. The first kappa shape index (κ1) is 22.5. The fourth-order valence-electron chi connectivity index (χ4n) is 5.45. The minimum Gasteiger partial charge on any atom is -0.380 e. The minimum atomic E-state index is -0.485. The van der Waals surface area contributed by atoms with Crippen LogP contribution in [0.3, 0.4) is 0 Å². The Morgan fingerprint density at radius 3 is 2.66 bits per heavy atom. The number of rotatable bonds is 5. The van der Waals surface area contributed by atoms with Gasteiger partial charge in [0, 0.05) is 48.9 Å². The van der Waals surface area contributed by atoms with Gasteiger partial charge in [-0.2, -0.15) is 0 Å². The number of fused-ring (bicyclic) bond motifs is 2. The van der Waals surface area contributed by atoms with Crippen molar-refractivity contribution in [1.29, 1.82) is 0 Å². The molecule has 2 N–H and O–H groups in total. The number of imidazole rings is 1. The number of aromatic nitrogens is 3. The number of pyridine rings is 1. The summed E-state index contributed by atoms with van der Waals surface area (Å²) in [6.07, 6.45) is 4.16. The van der Waals surface area contributed by atoms with E-state index in [9.17, 15) is 5.11 Å². The number of aryl methyl sites for hydroxylation is 2. The third-order valence-corrected chi connectivity index (χ3v) is 7.70. The van der Waals surface area contributed by atoms with Gasteiger partial charge < -0.3 is 14.7 Å². The van der Waals surface area contributed by atoms with Gasteiger partial charge >= 0.3 is 0 Å². The van der Waals surface area contributed by atoms with Crippen molar-refractivity contribution in [3.8, 4) is 5.69 Å². The SMILES string of the molecule is Cc1cc2nc(N3CCC(C(O)NC4CCOC4)CC3)n(-c3ccc4ncccc4c3)c2cc1C. The number of hydrogen-bond donors (Lipinski definition) is 2. The van der Waals surface area contributed by atoms with Gasteiger partial charge in [0.2, 0.25) is 5.95 Å². The lowest BCUT2D eigenvalue weighted by Gasteiger charge is -2.36. The molecule has 7 heteroatoms. The zero-order valence-corrected chi connectivity index (χ0v) is 20.4. The average molecular weight is 472 g/mol. The van der Waals surface area contributed by atoms with E-state index >= 15 is 0 Å². The monoisotopic (exact) mass is 471 g/mol. The molecular weight excluding hydrogens is 438 g/mol. The van der Waals surface area contributed by atoms with E-state index in [-0.39, 0.29) is 12.0 Å². The van der Waals surface area contributed by atoms with Crippen LogP contribution in [0.4, 0.5) is 5.95 Å². The summed E-state index contributed by atoms with van der Waals surface area (Å²) in [6, 6.07) is 15.2. The van der Waals surface area contributed by atoms with Crippen LogP contribution in [0.2, 0.25) is 0 Å². The van der Waals surface area contributed by atoms with Crippen LogP contribution in [0.25, 0.3) is 27.6 Å². The standard InChI is InChI=1S/C28H33N5O2/c1-18-14-25-26(15-19(18)2)33(23-5-6-24-21(16-23)4-3-10-29-24)28(31-25)32-11-7-20(8-12-32)27(34)30-22-9-13-35-17-22/h3-6,10,14-16,20,22,27,30,34H,7-9,11-13,17H2,1-2H3. The Kier molecular flexibility index (Phi) is 5.92. The first-order valence-electron chi connectivity index (χ1n) is 12.7. The highest BCUT2D eigenvalue weighted by Crippen LogP contribution is 2.33. The number of aliphatic hydroxyl groups excluding tert-OH is 1. The predicted octanol–water partition coefficient (Wildman–Crippen LogP) is 4.10. The van der Waals surface area contributed by atoms with Crippen LogP contribution in [-0.4, -0.2) is 58.2 Å². The predicted molar refractivity (Wildman–Crippen MR) is 139 cm³/mol. The second-order valence-electron chi connectivity index (χ2n) is 10.0. The van der Waals surface area contributed by atoms with Crippen LogP contribution in [0.5, 0.6) is 0 Å². The molecule has 2 aliphatic heterocycles. The van der Waals surface area contributed by atoms with Gasteiger partial charge in [-0.25, -0.2) is 4.98 Å². The average Bonchev–Trinajstić information content (AvgIpc) is 3.52. The summed E-state index contributed by atoms with van der Waals surface area (Å²) in [5.41, 5.74) is 6.73. The maximum absolute atomic E-state index is 10.8. The first-order chi connectivity index (χ1) is 17.1. The van der Waals surface area contributed by atoms with Gasteiger partial charge in [0.25, 0.3) is 0 Å². The Morgan fingerprint density at radius 1 is 1.03 bits per heavy atom. The first-order valence-corrected chi connectivity index (χ1v) is 12.7. The lowest BCUT2D eigenvalue weighted by atomic mass is 9.94. The maximum Gasteiger partial charge on any atom is 0.211 e. The summed E-state index contributed by atoms with van der Waals surface area (Å²) in [5.74, 6) is 1.21. The molecular formula is C28H33N5O2. The van der Waals surface area contributed by atoms with Crippen molar-refractivity contribution in [1.82, 2.24) is 19.9 Å². The van der Waals surface area contributed by atoms with Gasteiger partial charge in [-0.05, 0) is 80.6 Å². The van der Waals surface area contributed by atoms with Gasteiger partial charge in [0.1, 0.15) is 6.23 Å². The van der Waals surface area contributed by atoms with E-state index in [0.29, 0.717) is 6.61 Å². The van der Waals surface area contributed by atoms with Crippen molar-refractivity contribution in [3.05, 3.63) is 59.8 Å². The number of nitrogens with one attached hydrogen (secondary N) is 1. The van der Waals surface area contributed by atoms with Gasteiger partial charge in [-0.1, -0.05) is 6.07 Å². The molecule has 6 rings (SSSR count). The van der Waals surface area contributed by atoms with E-state index in [1.54, 1.807) is 0 Å². The molecule has 2 unspecified atom stereocenters. The van der Waals surface area contributed by atoms with Crippen LogP contribution >= 0.6 is 0 Å². The van der Waals surface area contributed by atoms with E-state index in [1.165, 1.54) is 11.1 Å². The van der Waals surface area contributed by atoms with Crippen molar-refractivity contribution in [2.45, 2.75) is 45.4 Å². The van der Waals surface area contributed by atoms with Gasteiger partial charge in [0.05, 0.1) is 23.2 Å². The Morgan fingerprint density at radius 2 is 1.86 bits per heavy atom.